The van der Waals surface area contributed by atoms with Crippen LogP contribution in [0.3, 0.4) is 0 Å². The summed E-state index contributed by atoms with van der Waals surface area (Å²) < 4.78 is 0. The summed E-state index contributed by atoms with van der Waals surface area (Å²) in [4.78, 5) is 2.52. The van der Waals surface area contributed by atoms with Gasteiger partial charge in [0.2, 0.25) is 0 Å². The Balaban J connectivity index is 2.51. The van der Waals surface area contributed by atoms with Gasteiger partial charge in [0.25, 0.3) is 0 Å². The molecule has 1 aliphatic carbocycles. The molecule has 0 aromatic rings. The van der Waals surface area contributed by atoms with E-state index in [9.17, 15) is 5.11 Å². The van der Waals surface area contributed by atoms with Crippen molar-refractivity contribution in [2.45, 2.75) is 71.4 Å². The molecule has 0 bridgehead atoms. The Hall–Kier alpha value is -0.0800. The Labute approximate surface area is 101 Å². The Kier molecular flexibility index (Phi) is 6.37. The summed E-state index contributed by atoms with van der Waals surface area (Å²) in [5, 5.41) is 10.1. The molecular weight excluding hydrogens is 198 g/mol. The van der Waals surface area contributed by atoms with Crippen molar-refractivity contribution in [3.05, 3.63) is 0 Å². The third-order valence-electron chi connectivity index (χ3n) is 4.22. The molecule has 2 atom stereocenters. The molecular formula is C14H29NO. The van der Waals surface area contributed by atoms with Gasteiger partial charge in [-0.3, -0.25) is 4.90 Å². The molecule has 1 rings (SSSR count). The summed E-state index contributed by atoms with van der Waals surface area (Å²) in [7, 11) is 0. The summed E-state index contributed by atoms with van der Waals surface area (Å²) in [6.45, 7) is 9.03. The van der Waals surface area contributed by atoms with E-state index in [2.05, 4.69) is 25.7 Å². The Morgan fingerprint density at radius 3 is 2.25 bits per heavy atom. The van der Waals surface area contributed by atoms with Crippen LogP contribution >= 0.6 is 0 Å². The van der Waals surface area contributed by atoms with Crippen LogP contribution in [-0.4, -0.2) is 35.2 Å². The van der Waals surface area contributed by atoms with E-state index < -0.39 is 0 Å². The lowest BCUT2D eigenvalue weighted by atomic mass is 9.90. The van der Waals surface area contributed by atoms with Gasteiger partial charge in [-0.15, -0.1) is 0 Å². The smallest absolute Gasteiger partial charge is 0.0695 e. The first-order chi connectivity index (χ1) is 7.72. The van der Waals surface area contributed by atoms with Crippen molar-refractivity contribution in [3.8, 4) is 0 Å². The van der Waals surface area contributed by atoms with E-state index in [4.69, 9.17) is 0 Å². The van der Waals surface area contributed by atoms with Crippen LogP contribution in [0.2, 0.25) is 0 Å². The van der Waals surface area contributed by atoms with Gasteiger partial charge < -0.3 is 5.11 Å². The quantitative estimate of drug-likeness (QED) is 0.754. The molecule has 1 N–H and O–H groups in total. The van der Waals surface area contributed by atoms with Crippen molar-refractivity contribution in [3.63, 3.8) is 0 Å². The molecule has 2 heteroatoms. The van der Waals surface area contributed by atoms with Crippen LogP contribution in [-0.2, 0) is 0 Å². The Morgan fingerprint density at radius 1 is 1.12 bits per heavy atom. The minimum atomic E-state index is -0.0805. The zero-order valence-electron chi connectivity index (χ0n) is 11.3. The summed E-state index contributed by atoms with van der Waals surface area (Å²) in [5.41, 5.74) is 0. The molecule has 2 nitrogen and oxygen atoms in total. The highest BCUT2D eigenvalue weighted by molar-refractivity contribution is 4.83. The fourth-order valence-electron chi connectivity index (χ4n) is 2.90. The average Bonchev–Trinajstić information content (AvgIpc) is 2.32. The molecule has 0 saturated heterocycles. The lowest BCUT2D eigenvalue weighted by molar-refractivity contribution is 0.0145. The van der Waals surface area contributed by atoms with E-state index in [1.54, 1.807) is 0 Å². The van der Waals surface area contributed by atoms with E-state index >= 15 is 0 Å². The number of aliphatic hydroxyl groups excluding tert-OH is 1. The molecule has 0 aromatic carbocycles. The molecule has 0 aromatic heterocycles. The van der Waals surface area contributed by atoms with E-state index in [0.29, 0.717) is 6.04 Å². The second-order valence-corrected chi connectivity index (χ2v) is 5.19. The molecule has 1 saturated carbocycles. The normalized spacial score (nSPS) is 26.6. The molecule has 0 aliphatic heterocycles. The standard InChI is InChI=1S/C14H29NO/c1-4-12(5-2)11-15(6-3)13-9-7-8-10-14(13)16/h12-14,16H,4-11H2,1-3H3/t13-,14-/m1/s1. The van der Waals surface area contributed by atoms with E-state index in [1.807, 2.05) is 0 Å². The molecule has 96 valence electrons. The maximum Gasteiger partial charge on any atom is 0.0695 e. The van der Waals surface area contributed by atoms with Crippen LogP contribution in [0.15, 0.2) is 0 Å². The van der Waals surface area contributed by atoms with Crippen LogP contribution in [0.25, 0.3) is 0 Å². The minimum Gasteiger partial charge on any atom is -0.391 e. The van der Waals surface area contributed by atoms with Crippen LogP contribution in [0.1, 0.15) is 59.3 Å². The Morgan fingerprint density at radius 2 is 1.75 bits per heavy atom. The van der Waals surface area contributed by atoms with Crippen molar-refractivity contribution < 1.29 is 5.11 Å². The number of nitrogens with zero attached hydrogens (tertiary/aromatic N) is 1. The first-order valence-electron chi connectivity index (χ1n) is 7.14. The number of likely N-dealkylation sites (N-methyl/N-ethyl adjacent to an activating group) is 1. The predicted molar refractivity (Wildman–Crippen MR) is 69.6 cm³/mol. The second-order valence-electron chi connectivity index (χ2n) is 5.19. The van der Waals surface area contributed by atoms with E-state index in [1.165, 1.54) is 38.6 Å². The number of aliphatic hydroxyl groups is 1. The summed E-state index contributed by atoms with van der Waals surface area (Å²) >= 11 is 0. The maximum atomic E-state index is 10.1. The highest BCUT2D eigenvalue weighted by Crippen LogP contribution is 2.24. The third-order valence-corrected chi connectivity index (χ3v) is 4.22. The van der Waals surface area contributed by atoms with E-state index in [-0.39, 0.29) is 6.10 Å². The fourth-order valence-corrected chi connectivity index (χ4v) is 2.90. The molecule has 0 spiro atoms. The lowest BCUT2D eigenvalue weighted by Crippen LogP contribution is -2.47. The van der Waals surface area contributed by atoms with Gasteiger partial charge in [-0.05, 0) is 25.3 Å². The van der Waals surface area contributed by atoms with Crippen LogP contribution in [0, 0.1) is 5.92 Å². The van der Waals surface area contributed by atoms with Crippen molar-refractivity contribution in [2.24, 2.45) is 5.92 Å². The van der Waals surface area contributed by atoms with Gasteiger partial charge in [-0.25, -0.2) is 0 Å². The van der Waals surface area contributed by atoms with Crippen LogP contribution in [0.4, 0.5) is 0 Å². The number of rotatable bonds is 6. The average molecular weight is 227 g/mol. The molecule has 1 fully saturated rings. The predicted octanol–water partition coefficient (Wildman–Crippen LogP) is 3.05. The topological polar surface area (TPSA) is 23.5 Å². The number of hydrogen-bond acceptors (Lipinski definition) is 2. The van der Waals surface area contributed by atoms with Crippen LogP contribution < -0.4 is 0 Å². The Bertz CT molecular complexity index is 180. The zero-order valence-corrected chi connectivity index (χ0v) is 11.3. The highest BCUT2D eigenvalue weighted by Gasteiger charge is 2.28. The van der Waals surface area contributed by atoms with Gasteiger partial charge in [0.1, 0.15) is 0 Å². The molecule has 16 heavy (non-hydrogen) atoms. The second kappa shape index (κ2) is 7.29. The fraction of sp³-hybridized carbons (Fsp3) is 1.00. The number of hydrogen-bond donors (Lipinski definition) is 1. The monoisotopic (exact) mass is 227 g/mol. The summed E-state index contributed by atoms with van der Waals surface area (Å²) in [5.74, 6) is 0.800. The zero-order chi connectivity index (χ0) is 12.0. The maximum absolute atomic E-state index is 10.1. The molecule has 0 amide bonds. The van der Waals surface area contributed by atoms with Gasteiger partial charge in [-0.2, -0.15) is 0 Å². The molecule has 1 aliphatic rings. The SMILES string of the molecule is CCC(CC)CN(CC)[C@@H]1CCCC[C@H]1O. The minimum absolute atomic E-state index is 0.0805. The van der Waals surface area contributed by atoms with E-state index in [0.717, 1.165) is 18.9 Å². The molecule has 0 unspecified atom stereocenters. The third kappa shape index (κ3) is 3.74. The largest absolute Gasteiger partial charge is 0.391 e. The van der Waals surface area contributed by atoms with Gasteiger partial charge in [0.05, 0.1) is 6.10 Å². The van der Waals surface area contributed by atoms with Gasteiger partial charge in [0.15, 0.2) is 0 Å². The van der Waals surface area contributed by atoms with Crippen molar-refractivity contribution in [2.75, 3.05) is 13.1 Å². The summed E-state index contributed by atoms with van der Waals surface area (Å²) in [6.07, 6.45) is 7.13. The van der Waals surface area contributed by atoms with Gasteiger partial charge in [-0.1, -0.05) is 46.5 Å². The summed E-state index contributed by atoms with van der Waals surface area (Å²) in [6, 6.07) is 0.430. The first-order valence-corrected chi connectivity index (χ1v) is 7.14. The van der Waals surface area contributed by atoms with Gasteiger partial charge >= 0.3 is 0 Å². The lowest BCUT2D eigenvalue weighted by Gasteiger charge is -2.38. The molecule has 0 heterocycles. The van der Waals surface area contributed by atoms with Crippen molar-refractivity contribution in [1.29, 1.82) is 0 Å². The van der Waals surface area contributed by atoms with Crippen LogP contribution in [0.5, 0.6) is 0 Å². The van der Waals surface area contributed by atoms with Crippen molar-refractivity contribution in [1.82, 2.24) is 4.90 Å². The van der Waals surface area contributed by atoms with Crippen molar-refractivity contribution >= 4 is 0 Å². The van der Waals surface area contributed by atoms with Gasteiger partial charge in [0, 0.05) is 12.6 Å². The first kappa shape index (κ1) is 14.0. The highest BCUT2D eigenvalue weighted by atomic mass is 16.3. The molecule has 0 radical (unpaired) electrons.